The van der Waals surface area contributed by atoms with Crippen molar-refractivity contribution in [3.8, 4) is 0 Å². The summed E-state index contributed by atoms with van der Waals surface area (Å²) < 4.78 is 12.8. The Morgan fingerprint density at radius 3 is 2.44 bits per heavy atom. The van der Waals surface area contributed by atoms with Gasteiger partial charge in [0.25, 0.3) is 0 Å². The highest BCUT2D eigenvalue weighted by atomic mass is 32.2. The van der Waals surface area contributed by atoms with Gasteiger partial charge in [0.15, 0.2) is 0 Å². The molecule has 0 bridgehead atoms. The molecule has 0 unspecified atom stereocenters. The van der Waals surface area contributed by atoms with E-state index in [1.54, 1.807) is 24.3 Å². The first-order valence-electron chi connectivity index (χ1n) is 5.13. The van der Waals surface area contributed by atoms with Gasteiger partial charge in [-0.2, -0.15) is 0 Å². The van der Waals surface area contributed by atoms with Gasteiger partial charge in [-0.1, -0.05) is 17.8 Å². The van der Waals surface area contributed by atoms with Crippen LogP contribution < -0.4 is 5.73 Å². The lowest BCUT2D eigenvalue weighted by atomic mass is 10.2. The first-order valence-corrected chi connectivity index (χ1v) is 5.95. The van der Waals surface area contributed by atoms with Crippen molar-refractivity contribution < 1.29 is 14.3 Å². The number of halogens is 1. The minimum atomic E-state index is -1.04. The van der Waals surface area contributed by atoms with Crippen LogP contribution in [0.2, 0.25) is 0 Å². The van der Waals surface area contributed by atoms with Crippen LogP contribution in [0.15, 0.2) is 52.3 Å². The molecule has 0 aliphatic rings. The van der Waals surface area contributed by atoms with Crippen LogP contribution in [0.25, 0.3) is 0 Å². The quantitative estimate of drug-likeness (QED) is 0.834. The van der Waals surface area contributed by atoms with Gasteiger partial charge in [-0.15, -0.1) is 0 Å². The van der Waals surface area contributed by atoms with Gasteiger partial charge in [-0.25, -0.2) is 9.18 Å². The molecule has 3 nitrogen and oxygen atoms in total. The van der Waals surface area contributed by atoms with E-state index in [1.165, 1.54) is 30.0 Å². The maximum atomic E-state index is 12.8. The normalized spacial score (nSPS) is 10.3. The molecule has 0 saturated heterocycles. The van der Waals surface area contributed by atoms with Crippen LogP contribution in [0.3, 0.4) is 0 Å². The van der Waals surface area contributed by atoms with E-state index in [4.69, 9.17) is 10.8 Å². The molecule has 0 fully saturated rings. The van der Waals surface area contributed by atoms with Gasteiger partial charge in [0.05, 0.1) is 5.56 Å². The number of nitrogens with two attached hydrogens (primary N) is 1. The Morgan fingerprint density at radius 2 is 1.83 bits per heavy atom. The second kappa shape index (κ2) is 5.10. The second-order valence-electron chi connectivity index (χ2n) is 3.59. The Kier molecular flexibility index (Phi) is 3.53. The molecule has 0 amide bonds. The first kappa shape index (κ1) is 12.4. The molecule has 0 aromatic heterocycles. The van der Waals surface area contributed by atoms with Gasteiger partial charge < -0.3 is 10.8 Å². The predicted octanol–water partition coefficient (Wildman–Crippen LogP) is 3.26. The molecule has 0 heterocycles. The third-order valence-corrected chi connectivity index (χ3v) is 3.48. The highest BCUT2D eigenvalue weighted by Gasteiger charge is 2.13. The number of hydrogen-bond donors (Lipinski definition) is 2. The number of aromatic carboxylic acids is 1. The largest absolute Gasteiger partial charge is 0.478 e. The first-order chi connectivity index (χ1) is 8.58. The average Bonchev–Trinajstić information content (AvgIpc) is 2.34. The second-order valence-corrected chi connectivity index (χ2v) is 4.67. The third kappa shape index (κ3) is 2.62. The zero-order chi connectivity index (χ0) is 13.1. The van der Waals surface area contributed by atoms with Crippen LogP contribution in [0.5, 0.6) is 0 Å². The number of hydrogen-bond acceptors (Lipinski definition) is 3. The molecular weight excluding hydrogens is 253 g/mol. The zero-order valence-electron chi connectivity index (χ0n) is 9.26. The van der Waals surface area contributed by atoms with Gasteiger partial charge in [0, 0.05) is 15.5 Å². The van der Waals surface area contributed by atoms with Crippen LogP contribution in [-0.2, 0) is 0 Å². The minimum Gasteiger partial charge on any atom is -0.478 e. The summed E-state index contributed by atoms with van der Waals surface area (Å²) in [6.45, 7) is 0. The lowest BCUT2D eigenvalue weighted by Gasteiger charge is -2.08. The highest BCUT2D eigenvalue weighted by Crippen LogP contribution is 2.34. The van der Waals surface area contributed by atoms with Crippen molar-refractivity contribution in [2.75, 3.05) is 5.73 Å². The molecule has 18 heavy (non-hydrogen) atoms. The number of anilines is 1. The molecule has 3 N–H and O–H groups in total. The molecular formula is C13H10FNO2S. The van der Waals surface area contributed by atoms with E-state index >= 15 is 0 Å². The van der Waals surface area contributed by atoms with Crippen molar-refractivity contribution >= 4 is 23.4 Å². The molecule has 0 aliphatic heterocycles. The van der Waals surface area contributed by atoms with E-state index in [1.807, 2.05) is 0 Å². The van der Waals surface area contributed by atoms with Gasteiger partial charge >= 0.3 is 5.97 Å². The van der Waals surface area contributed by atoms with Gasteiger partial charge in [-0.3, -0.25) is 0 Å². The van der Waals surface area contributed by atoms with Gasteiger partial charge in [-0.05, 0) is 36.4 Å². The highest BCUT2D eigenvalue weighted by molar-refractivity contribution is 7.99. The van der Waals surface area contributed by atoms with E-state index < -0.39 is 5.97 Å². The van der Waals surface area contributed by atoms with Crippen molar-refractivity contribution in [3.05, 3.63) is 53.8 Å². The standard InChI is InChI=1S/C13H10FNO2S/c14-8-4-6-9(7-5-8)18-12-10(13(16)17)2-1-3-11(12)15/h1-7H,15H2,(H,16,17). The van der Waals surface area contributed by atoms with Crippen LogP contribution in [0.4, 0.5) is 10.1 Å². The van der Waals surface area contributed by atoms with E-state index in [-0.39, 0.29) is 11.4 Å². The maximum absolute atomic E-state index is 12.8. The number of benzene rings is 2. The van der Waals surface area contributed by atoms with Crippen molar-refractivity contribution in [3.63, 3.8) is 0 Å². The summed E-state index contributed by atoms with van der Waals surface area (Å²) in [4.78, 5) is 12.3. The Balaban J connectivity index is 2.39. The molecule has 2 rings (SSSR count). The topological polar surface area (TPSA) is 63.3 Å². The molecule has 0 aliphatic carbocycles. The van der Waals surface area contributed by atoms with Crippen LogP contribution in [0.1, 0.15) is 10.4 Å². The average molecular weight is 263 g/mol. The van der Waals surface area contributed by atoms with Gasteiger partial charge in [0.2, 0.25) is 0 Å². The third-order valence-electron chi connectivity index (χ3n) is 2.31. The fraction of sp³-hybridized carbons (Fsp3) is 0. The summed E-state index contributed by atoms with van der Waals surface area (Å²) in [5.41, 5.74) is 6.31. The Morgan fingerprint density at radius 1 is 1.17 bits per heavy atom. The Bertz CT molecular complexity index is 584. The monoisotopic (exact) mass is 263 g/mol. The molecule has 0 spiro atoms. The Labute approximate surface area is 107 Å². The molecule has 92 valence electrons. The van der Waals surface area contributed by atoms with E-state index in [0.717, 1.165) is 4.90 Å². The Hall–Kier alpha value is -2.01. The molecule has 2 aromatic rings. The summed E-state index contributed by atoms with van der Waals surface area (Å²) in [6, 6.07) is 10.5. The van der Waals surface area contributed by atoms with Crippen molar-refractivity contribution in [1.29, 1.82) is 0 Å². The SMILES string of the molecule is Nc1cccc(C(=O)O)c1Sc1ccc(F)cc1. The van der Waals surface area contributed by atoms with Crippen LogP contribution in [-0.4, -0.2) is 11.1 Å². The summed E-state index contributed by atoms with van der Waals surface area (Å²) in [5, 5.41) is 9.08. The maximum Gasteiger partial charge on any atom is 0.336 e. The van der Waals surface area contributed by atoms with E-state index in [2.05, 4.69) is 0 Å². The molecule has 5 heteroatoms. The molecule has 2 aromatic carbocycles. The number of carboxylic acid groups (broad SMARTS) is 1. The number of rotatable bonds is 3. The summed E-state index contributed by atoms with van der Waals surface area (Å²) in [5.74, 6) is -1.37. The fourth-order valence-corrected chi connectivity index (χ4v) is 2.42. The van der Waals surface area contributed by atoms with Crippen LogP contribution >= 0.6 is 11.8 Å². The summed E-state index contributed by atoms with van der Waals surface area (Å²) in [6.07, 6.45) is 0. The number of carbonyl (C=O) groups is 1. The smallest absolute Gasteiger partial charge is 0.336 e. The minimum absolute atomic E-state index is 0.143. The number of carboxylic acids is 1. The van der Waals surface area contributed by atoms with Crippen molar-refractivity contribution in [2.24, 2.45) is 0 Å². The summed E-state index contributed by atoms with van der Waals surface area (Å²) in [7, 11) is 0. The molecule has 0 radical (unpaired) electrons. The summed E-state index contributed by atoms with van der Waals surface area (Å²) >= 11 is 1.21. The van der Waals surface area contributed by atoms with Crippen LogP contribution in [0, 0.1) is 5.82 Å². The van der Waals surface area contributed by atoms with Gasteiger partial charge in [0.1, 0.15) is 5.82 Å². The predicted molar refractivity (Wildman–Crippen MR) is 68.3 cm³/mol. The molecule has 0 saturated carbocycles. The lowest BCUT2D eigenvalue weighted by molar-refractivity contribution is 0.0693. The zero-order valence-corrected chi connectivity index (χ0v) is 10.1. The lowest BCUT2D eigenvalue weighted by Crippen LogP contribution is -2.01. The number of nitrogen functional groups attached to an aromatic ring is 1. The van der Waals surface area contributed by atoms with Crippen molar-refractivity contribution in [2.45, 2.75) is 9.79 Å². The molecule has 0 atom stereocenters. The fourth-order valence-electron chi connectivity index (χ4n) is 1.46. The van der Waals surface area contributed by atoms with E-state index in [9.17, 15) is 9.18 Å². The van der Waals surface area contributed by atoms with Crippen molar-refractivity contribution in [1.82, 2.24) is 0 Å². The van der Waals surface area contributed by atoms with E-state index in [0.29, 0.717) is 10.6 Å².